The zero-order valence-electron chi connectivity index (χ0n) is 12.2. The molecule has 6 heteroatoms. The van der Waals surface area contributed by atoms with Gasteiger partial charge in [0.2, 0.25) is 5.95 Å². The molecule has 0 radical (unpaired) electrons. The molecule has 6 nitrogen and oxygen atoms in total. The van der Waals surface area contributed by atoms with Crippen molar-refractivity contribution in [2.75, 3.05) is 23.4 Å². The van der Waals surface area contributed by atoms with Gasteiger partial charge in [-0.05, 0) is 38.3 Å². The highest BCUT2D eigenvalue weighted by Gasteiger charge is 2.26. The molecule has 2 heterocycles. The highest BCUT2D eigenvalue weighted by atomic mass is 16.3. The summed E-state index contributed by atoms with van der Waals surface area (Å²) in [6, 6.07) is 7.91. The lowest BCUT2D eigenvalue weighted by Gasteiger charge is -2.24. The minimum absolute atomic E-state index is 0.416. The van der Waals surface area contributed by atoms with Crippen molar-refractivity contribution < 1.29 is 5.11 Å². The van der Waals surface area contributed by atoms with Crippen LogP contribution in [0.5, 0.6) is 0 Å². The van der Waals surface area contributed by atoms with Crippen LogP contribution in [0.4, 0.5) is 11.8 Å². The van der Waals surface area contributed by atoms with Crippen molar-refractivity contribution in [3.05, 3.63) is 24.3 Å². The number of hydrogen-bond acceptors (Lipinski definition) is 6. The molecule has 1 unspecified atom stereocenters. The van der Waals surface area contributed by atoms with Gasteiger partial charge in [-0.3, -0.25) is 5.43 Å². The summed E-state index contributed by atoms with van der Waals surface area (Å²) in [5, 5.41) is 11.3. The van der Waals surface area contributed by atoms with Gasteiger partial charge in [0.15, 0.2) is 0 Å². The Balaban J connectivity index is 2.02. The second kappa shape index (κ2) is 5.46. The Bertz CT molecular complexity index is 643. The molecular formula is C15H21N5O. The van der Waals surface area contributed by atoms with Crippen LogP contribution in [0.15, 0.2) is 24.3 Å². The average molecular weight is 287 g/mol. The summed E-state index contributed by atoms with van der Waals surface area (Å²) in [5.41, 5.74) is 2.81. The van der Waals surface area contributed by atoms with Gasteiger partial charge in [0.05, 0.1) is 11.1 Å². The normalized spacial score (nSPS) is 23.1. The Morgan fingerprint density at radius 3 is 2.86 bits per heavy atom. The number of para-hydroxylation sites is 1. The first-order valence-electron chi connectivity index (χ1n) is 7.30. The number of nitrogens with two attached hydrogens (primary N) is 1. The number of hydrazine groups is 1. The van der Waals surface area contributed by atoms with Crippen molar-refractivity contribution in [2.45, 2.75) is 31.8 Å². The molecule has 1 atom stereocenters. The van der Waals surface area contributed by atoms with Crippen molar-refractivity contribution in [3.8, 4) is 0 Å². The first-order chi connectivity index (χ1) is 10.1. The van der Waals surface area contributed by atoms with E-state index in [4.69, 9.17) is 5.84 Å². The summed E-state index contributed by atoms with van der Waals surface area (Å²) in [4.78, 5) is 11.1. The van der Waals surface area contributed by atoms with Crippen molar-refractivity contribution >= 4 is 22.7 Å². The SMILES string of the molecule is CC1(O)CCCN(c2nc(NN)nc3ccccc23)CC1. The molecule has 21 heavy (non-hydrogen) atoms. The molecule has 1 aliphatic rings. The molecule has 0 spiro atoms. The van der Waals surface area contributed by atoms with Crippen LogP contribution >= 0.6 is 0 Å². The largest absolute Gasteiger partial charge is 0.390 e. The van der Waals surface area contributed by atoms with Gasteiger partial charge < -0.3 is 10.0 Å². The fourth-order valence-corrected chi connectivity index (χ4v) is 2.84. The van der Waals surface area contributed by atoms with Crippen LogP contribution in [-0.4, -0.2) is 33.8 Å². The highest BCUT2D eigenvalue weighted by molar-refractivity contribution is 5.90. The van der Waals surface area contributed by atoms with Gasteiger partial charge in [-0.2, -0.15) is 4.98 Å². The first kappa shape index (κ1) is 14.0. The molecule has 0 amide bonds. The summed E-state index contributed by atoms with van der Waals surface area (Å²) >= 11 is 0. The Morgan fingerprint density at radius 2 is 2.05 bits per heavy atom. The topological polar surface area (TPSA) is 87.3 Å². The van der Waals surface area contributed by atoms with E-state index in [-0.39, 0.29) is 0 Å². The van der Waals surface area contributed by atoms with Crippen LogP contribution in [0.2, 0.25) is 0 Å². The number of benzene rings is 1. The number of aliphatic hydroxyl groups is 1. The van der Waals surface area contributed by atoms with E-state index >= 15 is 0 Å². The fraction of sp³-hybridized carbons (Fsp3) is 0.467. The molecule has 0 saturated carbocycles. The van der Waals surface area contributed by atoms with Crippen LogP contribution in [0, 0.1) is 0 Å². The zero-order valence-corrected chi connectivity index (χ0v) is 12.2. The number of rotatable bonds is 2. The minimum Gasteiger partial charge on any atom is -0.390 e. The second-order valence-corrected chi connectivity index (χ2v) is 5.87. The van der Waals surface area contributed by atoms with Crippen LogP contribution in [0.1, 0.15) is 26.2 Å². The molecular weight excluding hydrogens is 266 g/mol. The summed E-state index contributed by atoms with van der Waals surface area (Å²) in [5.74, 6) is 6.78. The molecule has 1 aromatic carbocycles. The van der Waals surface area contributed by atoms with E-state index < -0.39 is 5.60 Å². The van der Waals surface area contributed by atoms with Gasteiger partial charge >= 0.3 is 0 Å². The maximum absolute atomic E-state index is 10.2. The van der Waals surface area contributed by atoms with Gasteiger partial charge in [-0.15, -0.1) is 0 Å². The van der Waals surface area contributed by atoms with E-state index in [1.165, 1.54) is 0 Å². The van der Waals surface area contributed by atoms with Crippen LogP contribution < -0.4 is 16.2 Å². The first-order valence-corrected chi connectivity index (χ1v) is 7.30. The molecule has 1 fully saturated rings. The molecule has 112 valence electrons. The molecule has 4 N–H and O–H groups in total. The maximum atomic E-state index is 10.2. The van der Waals surface area contributed by atoms with Crippen LogP contribution in [0.3, 0.4) is 0 Å². The quantitative estimate of drug-likeness (QED) is 0.575. The Hall–Kier alpha value is -1.92. The summed E-state index contributed by atoms with van der Waals surface area (Å²) in [7, 11) is 0. The van der Waals surface area contributed by atoms with E-state index in [0.29, 0.717) is 5.95 Å². The lowest BCUT2D eigenvalue weighted by Crippen LogP contribution is -2.29. The van der Waals surface area contributed by atoms with Gasteiger partial charge in [-0.1, -0.05) is 12.1 Å². The highest BCUT2D eigenvalue weighted by Crippen LogP contribution is 2.29. The molecule has 1 saturated heterocycles. The number of anilines is 2. The molecule has 0 bridgehead atoms. The Morgan fingerprint density at radius 1 is 1.24 bits per heavy atom. The summed E-state index contributed by atoms with van der Waals surface area (Å²) in [6.45, 7) is 3.56. The second-order valence-electron chi connectivity index (χ2n) is 5.87. The van der Waals surface area contributed by atoms with E-state index in [9.17, 15) is 5.11 Å². The van der Waals surface area contributed by atoms with E-state index in [1.807, 2.05) is 31.2 Å². The van der Waals surface area contributed by atoms with Crippen molar-refractivity contribution in [1.82, 2.24) is 9.97 Å². The van der Waals surface area contributed by atoms with Gasteiger partial charge in [-0.25, -0.2) is 10.8 Å². The van der Waals surface area contributed by atoms with E-state index in [1.54, 1.807) is 0 Å². The third kappa shape index (κ3) is 2.91. The van der Waals surface area contributed by atoms with Crippen molar-refractivity contribution in [2.24, 2.45) is 5.84 Å². The number of nitrogen functional groups attached to an aromatic ring is 1. The molecule has 1 aromatic heterocycles. The van der Waals surface area contributed by atoms with Crippen LogP contribution in [0.25, 0.3) is 10.9 Å². The molecule has 1 aliphatic heterocycles. The lowest BCUT2D eigenvalue weighted by molar-refractivity contribution is 0.0481. The van der Waals surface area contributed by atoms with E-state index in [2.05, 4.69) is 20.3 Å². The Kier molecular flexibility index (Phi) is 3.65. The molecule has 2 aromatic rings. The predicted molar refractivity (Wildman–Crippen MR) is 84.0 cm³/mol. The van der Waals surface area contributed by atoms with Gasteiger partial charge in [0, 0.05) is 18.5 Å². The zero-order chi connectivity index (χ0) is 14.9. The van der Waals surface area contributed by atoms with Gasteiger partial charge in [0.1, 0.15) is 5.82 Å². The number of fused-ring (bicyclic) bond motifs is 1. The lowest BCUT2D eigenvalue weighted by atomic mass is 9.98. The third-order valence-electron chi connectivity index (χ3n) is 4.08. The summed E-state index contributed by atoms with van der Waals surface area (Å²) in [6.07, 6.45) is 2.49. The van der Waals surface area contributed by atoms with Crippen molar-refractivity contribution in [1.29, 1.82) is 0 Å². The number of nitrogens with zero attached hydrogens (tertiary/aromatic N) is 3. The number of hydrogen-bond donors (Lipinski definition) is 3. The monoisotopic (exact) mass is 287 g/mol. The standard InChI is InChI=1S/C15H21N5O/c1-15(21)7-4-9-20(10-8-15)13-11-5-2-3-6-12(11)17-14(18-13)19-16/h2-3,5-6,21H,4,7-10,16H2,1H3,(H,17,18,19). The number of aromatic nitrogens is 2. The van der Waals surface area contributed by atoms with Crippen LogP contribution in [-0.2, 0) is 0 Å². The average Bonchev–Trinajstić information content (AvgIpc) is 2.67. The maximum Gasteiger partial charge on any atom is 0.239 e. The minimum atomic E-state index is -0.591. The molecule has 0 aliphatic carbocycles. The number of nitrogens with one attached hydrogen (secondary N) is 1. The fourth-order valence-electron chi connectivity index (χ4n) is 2.84. The predicted octanol–water partition coefficient (Wildman–Crippen LogP) is 1.66. The summed E-state index contributed by atoms with van der Waals surface area (Å²) < 4.78 is 0. The smallest absolute Gasteiger partial charge is 0.239 e. The molecule has 3 rings (SSSR count). The van der Waals surface area contributed by atoms with Gasteiger partial charge in [0.25, 0.3) is 0 Å². The van der Waals surface area contributed by atoms with Crippen molar-refractivity contribution in [3.63, 3.8) is 0 Å². The Labute approximate surface area is 124 Å². The van der Waals surface area contributed by atoms with E-state index in [0.717, 1.165) is 49.1 Å². The third-order valence-corrected chi connectivity index (χ3v) is 4.08.